The van der Waals surface area contributed by atoms with Gasteiger partial charge in [-0.25, -0.2) is 0 Å². The Hall–Kier alpha value is -10.7. The van der Waals surface area contributed by atoms with Gasteiger partial charge < -0.3 is 71.1 Å². The van der Waals surface area contributed by atoms with Crippen LogP contribution in [0.25, 0.3) is 16.5 Å². The number of carbonyl (C=O) groups excluding carboxylic acids is 7. The topological polar surface area (TPSA) is 276 Å². The minimum atomic E-state index is -0.845. The maximum Gasteiger partial charge on any atom is 0.303 e. The standard InChI is InChI=1S/C31H42N4O3.C29H40ClN3O2.C29H41N3O3.C16H19NO3/c1-22-6-5-7-23(18-22)20-31(35(2)3)15-12-25(13-16-31)34-30(37)11-10-29(36)32-17-14-24-21-33-28-9-8-26(38-4)19-27(24)28;1-5-21(2)23-8-12-25(13-9-23)31-27(34)14-15-28(35)32-26-16-18-29(19-17-26,33(3)4)20-22-6-10-24(30)11-7-22;1-5-35-26-9-7-6-8-24(26)21-30-27(33)14-15-28(34)31-25-16-18-29(19-17-25,32(3)4)20-23-12-10-22(2)11-13-23;18-15(7-4-8-16(19)20)17-11-9-14(10-12-17)13-5-2-1-3-6-13/h5-9,18-19,21,25,33H,10-17,20H2,1-4H3,(H,32,36)(H,34,37);6-13,21,26H,5,14-20H2,1-4H3,(H,31,34)(H,32,35);6-13,25H,5,14-21H2,1-4H3,(H,30,33)(H,31,34);1-3,5-6,9H,4,7-8,10-12H2,(H,19,20). The highest BCUT2D eigenvalue weighted by atomic mass is 35.5. The number of nitrogens with zero attached hydrogens (tertiary/aromatic N) is 4. The van der Waals surface area contributed by atoms with Crippen LogP contribution in [-0.4, -0.2) is 187 Å². The van der Waals surface area contributed by atoms with E-state index in [0.29, 0.717) is 58.0 Å². The molecule has 1 atom stereocenters. The van der Waals surface area contributed by atoms with Crippen LogP contribution >= 0.6 is 11.6 Å². The molecule has 4 aliphatic rings. The molecule has 1 aromatic heterocycles. The molecule has 0 radical (unpaired) electrons. The molecule has 23 heteroatoms. The van der Waals surface area contributed by atoms with E-state index in [1.54, 1.807) is 12.0 Å². The molecule has 1 unspecified atom stereocenters. The lowest BCUT2D eigenvalue weighted by Gasteiger charge is -2.45. The number of anilines is 1. The Morgan fingerprint density at radius 1 is 0.539 bits per heavy atom. The third-order valence-electron chi connectivity index (χ3n) is 26.4. The van der Waals surface area contributed by atoms with E-state index in [4.69, 9.17) is 26.2 Å². The maximum absolute atomic E-state index is 12.6. The number of halogens is 1. The summed E-state index contributed by atoms with van der Waals surface area (Å²) in [5.41, 5.74) is 14.6. The number of benzene rings is 7. The van der Waals surface area contributed by atoms with Crippen molar-refractivity contribution in [3.8, 4) is 11.5 Å². The minimum absolute atomic E-state index is 0.0371. The summed E-state index contributed by atoms with van der Waals surface area (Å²) >= 11 is 6.05. The number of amides is 7. The van der Waals surface area contributed by atoms with E-state index in [9.17, 15) is 38.4 Å². The van der Waals surface area contributed by atoms with Gasteiger partial charge in [0.2, 0.25) is 41.4 Å². The van der Waals surface area contributed by atoms with Crippen LogP contribution in [0.2, 0.25) is 5.02 Å². The van der Waals surface area contributed by atoms with Gasteiger partial charge in [0.05, 0.1) is 13.7 Å². The van der Waals surface area contributed by atoms with Crippen molar-refractivity contribution in [1.82, 2.24) is 51.2 Å². The van der Waals surface area contributed by atoms with Gasteiger partial charge in [0, 0.05) is 146 Å². The number of likely N-dealkylation sites (N-methyl/N-ethyl adjacent to an activating group) is 3. The Labute approximate surface area is 765 Å². The number of aromatic amines is 1. The van der Waals surface area contributed by atoms with Crippen molar-refractivity contribution in [2.45, 2.75) is 255 Å². The fraction of sp³-hybridized carbons (Fsp3) is 0.486. The van der Waals surface area contributed by atoms with Crippen LogP contribution in [0.5, 0.6) is 11.5 Å². The molecule has 8 N–H and O–H groups in total. The molecule has 7 aromatic carbocycles. The van der Waals surface area contributed by atoms with Crippen molar-refractivity contribution in [2.24, 2.45) is 0 Å². The molecule has 3 fully saturated rings. The summed E-state index contributed by atoms with van der Waals surface area (Å²) < 4.78 is 10.9. The van der Waals surface area contributed by atoms with Crippen molar-refractivity contribution < 1.29 is 52.9 Å². The second-order valence-corrected chi connectivity index (χ2v) is 36.5. The molecule has 22 nitrogen and oxygen atoms in total. The number of aliphatic carboxylic acids is 1. The number of carbonyl (C=O) groups is 8. The van der Waals surface area contributed by atoms with E-state index in [0.717, 1.165) is 153 Å². The van der Waals surface area contributed by atoms with E-state index < -0.39 is 5.97 Å². The first-order valence-corrected chi connectivity index (χ1v) is 46.6. The molecule has 128 heavy (non-hydrogen) atoms. The van der Waals surface area contributed by atoms with Crippen LogP contribution in [0.4, 0.5) is 5.69 Å². The smallest absolute Gasteiger partial charge is 0.303 e. The molecule has 0 saturated heterocycles. The van der Waals surface area contributed by atoms with Crippen LogP contribution in [0, 0.1) is 13.8 Å². The summed E-state index contributed by atoms with van der Waals surface area (Å²) in [6, 6.07) is 58.0. The first kappa shape index (κ1) is 101. The number of para-hydroxylation sites is 1. The van der Waals surface area contributed by atoms with Crippen LogP contribution in [0.1, 0.15) is 224 Å². The van der Waals surface area contributed by atoms with Gasteiger partial charge in [0.25, 0.3) is 0 Å². The average Bonchev–Trinajstić information content (AvgIpc) is 0.954. The number of methoxy groups -OCH3 is 1. The summed E-state index contributed by atoms with van der Waals surface area (Å²) in [7, 11) is 14.6. The SMILES string of the molecule is CCC(C)c1ccc(NC(=O)CCC(=O)NC2CCC(Cc3ccc(Cl)cc3)(N(C)C)CC2)cc1.CCOc1ccccc1CNC(=O)CCC(=O)NC1CCC(Cc2ccc(C)cc2)(N(C)C)CC1.COc1ccc2[nH]cc(CCNC(=O)CCC(=O)NC3CCC(Cc4cccc(C)c4)(N(C)C)CC3)c2c1.O=C(O)CCCC(=O)N1CC=C(c2ccccc2)CC1. The molecule has 3 saturated carbocycles. The second-order valence-electron chi connectivity index (χ2n) is 36.1. The zero-order chi connectivity index (χ0) is 92.2. The van der Waals surface area contributed by atoms with Crippen LogP contribution in [0.15, 0.2) is 182 Å². The predicted molar refractivity (Wildman–Crippen MR) is 515 cm³/mol. The number of hydrogen-bond acceptors (Lipinski definition) is 13. The molecule has 12 rings (SSSR count). The first-order chi connectivity index (χ1) is 61.5. The zero-order valence-electron chi connectivity index (χ0n) is 78.0. The van der Waals surface area contributed by atoms with Gasteiger partial charge in [0.15, 0.2) is 0 Å². The lowest BCUT2D eigenvalue weighted by molar-refractivity contribution is -0.137. The van der Waals surface area contributed by atoms with Crippen molar-refractivity contribution in [2.75, 3.05) is 81.0 Å². The van der Waals surface area contributed by atoms with Gasteiger partial charge in [-0.2, -0.15) is 0 Å². The quantitative estimate of drug-likeness (QED) is 0.0180. The van der Waals surface area contributed by atoms with Crippen LogP contribution < -0.4 is 41.4 Å². The number of aromatic nitrogens is 1. The Morgan fingerprint density at radius 2 is 1.05 bits per heavy atom. The van der Waals surface area contributed by atoms with Crippen molar-refractivity contribution in [1.29, 1.82) is 0 Å². The fourth-order valence-corrected chi connectivity index (χ4v) is 18.1. The third-order valence-corrected chi connectivity index (χ3v) is 26.7. The molecule has 7 amide bonds. The van der Waals surface area contributed by atoms with E-state index in [1.165, 1.54) is 44.5 Å². The van der Waals surface area contributed by atoms with E-state index in [1.807, 2.05) is 98.0 Å². The van der Waals surface area contributed by atoms with Gasteiger partial charge in [-0.3, -0.25) is 38.4 Å². The van der Waals surface area contributed by atoms with Crippen molar-refractivity contribution in [3.05, 3.63) is 237 Å². The van der Waals surface area contributed by atoms with E-state index in [-0.39, 0.29) is 121 Å². The lowest BCUT2D eigenvalue weighted by Crippen LogP contribution is -2.52. The number of rotatable bonds is 37. The largest absolute Gasteiger partial charge is 0.497 e. The Morgan fingerprint density at radius 3 is 1.56 bits per heavy atom. The number of nitrogens with one attached hydrogen (secondary N) is 7. The number of carboxylic acid groups (broad SMARTS) is 1. The summed E-state index contributed by atoms with van der Waals surface area (Å²) in [5.74, 6) is 0.820. The number of hydrogen-bond donors (Lipinski definition) is 8. The fourth-order valence-electron chi connectivity index (χ4n) is 18.0. The highest BCUT2D eigenvalue weighted by Gasteiger charge is 2.41. The maximum atomic E-state index is 12.6. The van der Waals surface area contributed by atoms with E-state index in [2.05, 4.69) is 213 Å². The molecular weight excluding hydrogens is 1630 g/mol. The Balaban J connectivity index is 0.000000197. The van der Waals surface area contributed by atoms with Crippen molar-refractivity contribution in [3.63, 3.8) is 0 Å². The van der Waals surface area contributed by atoms with Crippen LogP contribution in [0.3, 0.4) is 0 Å². The van der Waals surface area contributed by atoms with Gasteiger partial charge in [-0.05, 0) is 278 Å². The van der Waals surface area contributed by atoms with Gasteiger partial charge in [0.1, 0.15) is 11.5 Å². The second kappa shape index (κ2) is 50.9. The molecule has 3 aliphatic carbocycles. The third kappa shape index (κ3) is 32.2. The number of H-pyrrole nitrogens is 1. The van der Waals surface area contributed by atoms with Gasteiger partial charge in [-0.1, -0.05) is 164 Å². The normalized spacial score (nSPS) is 19.2. The number of aryl methyl sites for hydroxylation is 2. The van der Waals surface area contributed by atoms with Gasteiger partial charge >= 0.3 is 5.97 Å². The first-order valence-electron chi connectivity index (χ1n) is 46.2. The summed E-state index contributed by atoms with van der Waals surface area (Å²) in [5, 5.41) is 28.7. The number of fused-ring (bicyclic) bond motifs is 1. The molecule has 0 bridgehead atoms. The van der Waals surface area contributed by atoms with Crippen molar-refractivity contribution >= 4 is 81.1 Å². The molecule has 1 aliphatic heterocycles. The summed E-state index contributed by atoms with van der Waals surface area (Å²) in [6.07, 6.45) is 23.6. The average molecular weight is 1770 g/mol. The molecular formula is C105H142ClN11O11. The van der Waals surface area contributed by atoms with E-state index >= 15 is 0 Å². The Kier molecular flexibility index (Phi) is 40.2. The van der Waals surface area contributed by atoms with Crippen LogP contribution in [-0.2, 0) is 70.6 Å². The monoisotopic (exact) mass is 1770 g/mol. The lowest BCUT2D eigenvalue weighted by atomic mass is 9.74. The molecule has 690 valence electrons. The Bertz CT molecular complexity index is 4870. The number of carboxylic acids is 1. The molecule has 8 aromatic rings. The highest BCUT2D eigenvalue weighted by molar-refractivity contribution is 6.30. The molecule has 0 spiro atoms. The predicted octanol–water partition coefficient (Wildman–Crippen LogP) is 17.6. The number of ether oxygens (including phenoxy) is 2. The summed E-state index contributed by atoms with van der Waals surface area (Å²) in [6.45, 7) is 13.4. The minimum Gasteiger partial charge on any atom is -0.497 e. The highest BCUT2D eigenvalue weighted by Crippen LogP contribution is 2.40. The zero-order valence-corrected chi connectivity index (χ0v) is 78.7. The van der Waals surface area contributed by atoms with Gasteiger partial charge in [-0.15, -0.1) is 0 Å². The summed E-state index contributed by atoms with van der Waals surface area (Å²) in [4.78, 5) is 109. The molecule has 2 heterocycles.